The van der Waals surface area contributed by atoms with Crippen LogP contribution in [0.1, 0.15) is 40.5 Å². The van der Waals surface area contributed by atoms with Crippen molar-refractivity contribution in [3.05, 3.63) is 54.6 Å². The average molecular weight is 368 g/mol. The Labute approximate surface area is 161 Å². The van der Waals surface area contributed by atoms with Gasteiger partial charge in [-0.3, -0.25) is 9.59 Å². The number of esters is 2. The highest BCUT2D eigenvalue weighted by Crippen LogP contribution is 2.32. The minimum Gasteiger partial charge on any atom is -0.465 e. The topological polar surface area (TPSA) is 52.6 Å². The molecule has 2 aromatic rings. The van der Waals surface area contributed by atoms with E-state index in [1.165, 1.54) is 0 Å². The number of rotatable bonds is 8. The van der Waals surface area contributed by atoms with Gasteiger partial charge in [0.05, 0.1) is 6.61 Å². The molecule has 0 aliphatic heterocycles. The Kier molecular flexibility index (Phi) is 7.17. The molecule has 0 unspecified atom stereocenters. The van der Waals surface area contributed by atoms with E-state index >= 15 is 0 Å². The van der Waals surface area contributed by atoms with E-state index in [0.29, 0.717) is 25.2 Å². The maximum atomic E-state index is 12.8. The van der Waals surface area contributed by atoms with Gasteiger partial charge in [-0.15, -0.1) is 0 Å². The fourth-order valence-corrected chi connectivity index (χ4v) is 2.84. The van der Waals surface area contributed by atoms with Crippen LogP contribution in [0.25, 0.3) is 11.1 Å². The van der Waals surface area contributed by atoms with Crippen molar-refractivity contribution in [3.8, 4) is 16.9 Å². The first-order chi connectivity index (χ1) is 12.9. The lowest BCUT2D eigenvalue weighted by Crippen LogP contribution is -2.42. The van der Waals surface area contributed by atoms with Crippen LogP contribution in [-0.2, 0) is 14.3 Å². The highest BCUT2D eigenvalue weighted by molar-refractivity contribution is 6.00. The fraction of sp³-hybridized carbons (Fsp3) is 0.391. The lowest BCUT2D eigenvalue weighted by molar-refractivity contribution is -0.168. The summed E-state index contributed by atoms with van der Waals surface area (Å²) in [7, 11) is 0. The molecule has 0 aromatic heterocycles. The van der Waals surface area contributed by atoms with Gasteiger partial charge in [0.2, 0.25) is 0 Å². The maximum Gasteiger partial charge on any atom is 0.328 e. The molecule has 144 valence electrons. The Morgan fingerprint density at radius 2 is 1.41 bits per heavy atom. The van der Waals surface area contributed by atoms with Crippen molar-refractivity contribution in [1.29, 1.82) is 0 Å². The van der Waals surface area contributed by atoms with Gasteiger partial charge in [-0.05, 0) is 42.0 Å². The van der Waals surface area contributed by atoms with Gasteiger partial charge < -0.3 is 9.47 Å². The predicted molar refractivity (Wildman–Crippen MR) is 106 cm³/mol. The third kappa shape index (κ3) is 4.97. The van der Waals surface area contributed by atoms with Crippen LogP contribution in [0.2, 0.25) is 0 Å². The molecular formula is C23H28O4. The van der Waals surface area contributed by atoms with Crippen molar-refractivity contribution < 1.29 is 19.1 Å². The van der Waals surface area contributed by atoms with E-state index < -0.39 is 17.4 Å². The van der Waals surface area contributed by atoms with Crippen molar-refractivity contribution in [1.82, 2.24) is 0 Å². The van der Waals surface area contributed by atoms with Crippen molar-refractivity contribution in [2.24, 2.45) is 11.3 Å². The van der Waals surface area contributed by atoms with Crippen LogP contribution < -0.4 is 4.74 Å². The molecule has 0 radical (unpaired) electrons. The molecule has 0 saturated heterocycles. The monoisotopic (exact) mass is 368 g/mol. The second-order valence-corrected chi connectivity index (χ2v) is 7.06. The zero-order chi connectivity index (χ0) is 19.9. The molecule has 2 rings (SSSR count). The van der Waals surface area contributed by atoms with Crippen LogP contribution in [-0.4, -0.2) is 18.5 Å². The first kappa shape index (κ1) is 20.7. The third-order valence-corrected chi connectivity index (χ3v) is 4.71. The molecule has 0 N–H and O–H groups in total. The van der Waals surface area contributed by atoms with Gasteiger partial charge in [-0.1, -0.05) is 70.2 Å². The molecule has 0 atom stereocenters. The lowest BCUT2D eigenvalue weighted by Gasteiger charge is -2.27. The second-order valence-electron chi connectivity index (χ2n) is 7.06. The molecule has 0 aliphatic rings. The summed E-state index contributed by atoms with van der Waals surface area (Å²) < 4.78 is 10.9. The maximum absolute atomic E-state index is 12.8. The van der Waals surface area contributed by atoms with Crippen molar-refractivity contribution in [3.63, 3.8) is 0 Å². The smallest absolute Gasteiger partial charge is 0.328 e. The van der Waals surface area contributed by atoms with Crippen LogP contribution in [0.4, 0.5) is 0 Å². The third-order valence-electron chi connectivity index (χ3n) is 4.71. The molecule has 0 spiro atoms. The largest absolute Gasteiger partial charge is 0.465 e. The zero-order valence-corrected chi connectivity index (χ0v) is 16.5. The van der Waals surface area contributed by atoms with Gasteiger partial charge >= 0.3 is 11.9 Å². The van der Waals surface area contributed by atoms with Gasteiger partial charge in [0.15, 0.2) is 5.41 Å². The van der Waals surface area contributed by atoms with Crippen LogP contribution in [0.3, 0.4) is 0 Å². The SMILES string of the molecule is CCC(CC)(C(=O)OCC(C)C)C(=O)Oc1ccc(-c2ccccc2)cc1. The van der Waals surface area contributed by atoms with Crippen LogP contribution >= 0.6 is 0 Å². The number of ether oxygens (including phenoxy) is 2. The zero-order valence-electron chi connectivity index (χ0n) is 16.5. The standard InChI is InChI=1S/C23H28O4/c1-5-23(6-2,21(24)26-16-17(3)4)22(25)27-20-14-12-19(13-15-20)18-10-8-7-9-11-18/h7-15,17H,5-6,16H2,1-4H3. The summed E-state index contributed by atoms with van der Waals surface area (Å²) in [5.41, 5.74) is 0.848. The molecule has 4 nitrogen and oxygen atoms in total. The van der Waals surface area contributed by atoms with Crippen molar-refractivity contribution >= 4 is 11.9 Å². The Morgan fingerprint density at radius 1 is 0.852 bits per heavy atom. The van der Waals surface area contributed by atoms with Gasteiger partial charge in [-0.25, -0.2) is 0 Å². The van der Waals surface area contributed by atoms with E-state index in [4.69, 9.17) is 9.47 Å². The van der Waals surface area contributed by atoms with Crippen molar-refractivity contribution in [2.45, 2.75) is 40.5 Å². The summed E-state index contributed by atoms with van der Waals surface area (Å²) in [5.74, 6) is -0.439. The fourth-order valence-electron chi connectivity index (χ4n) is 2.84. The summed E-state index contributed by atoms with van der Waals surface area (Å²) in [4.78, 5) is 25.4. The summed E-state index contributed by atoms with van der Waals surface area (Å²) >= 11 is 0. The number of carbonyl (C=O) groups is 2. The molecule has 0 fully saturated rings. The van der Waals surface area contributed by atoms with Crippen LogP contribution in [0.5, 0.6) is 5.75 Å². The van der Waals surface area contributed by atoms with E-state index in [1.54, 1.807) is 26.0 Å². The number of carbonyl (C=O) groups excluding carboxylic acids is 2. The number of benzene rings is 2. The first-order valence-corrected chi connectivity index (χ1v) is 9.48. The summed E-state index contributed by atoms with van der Waals surface area (Å²) in [6, 6.07) is 17.2. The number of hydrogen-bond acceptors (Lipinski definition) is 4. The quantitative estimate of drug-likeness (QED) is 0.362. The van der Waals surface area contributed by atoms with Crippen molar-refractivity contribution in [2.75, 3.05) is 6.61 Å². The highest BCUT2D eigenvalue weighted by Gasteiger charge is 2.46. The molecule has 2 aromatic carbocycles. The molecular weight excluding hydrogens is 340 g/mol. The number of hydrogen-bond donors (Lipinski definition) is 0. The second kappa shape index (κ2) is 9.36. The lowest BCUT2D eigenvalue weighted by atomic mass is 9.82. The molecule has 0 bridgehead atoms. The normalized spacial score (nSPS) is 11.3. The van der Waals surface area contributed by atoms with Gasteiger partial charge in [0.1, 0.15) is 5.75 Å². The Hall–Kier alpha value is -2.62. The van der Waals surface area contributed by atoms with Gasteiger partial charge in [0.25, 0.3) is 0 Å². The summed E-state index contributed by atoms with van der Waals surface area (Å²) in [6.45, 7) is 7.82. The minimum atomic E-state index is -1.27. The Balaban J connectivity index is 2.14. The van der Waals surface area contributed by atoms with Crippen LogP contribution in [0.15, 0.2) is 54.6 Å². The van der Waals surface area contributed by atoms with E-state index in [2.05, 4.69) is 0 Å². The van der Waals surface area contributed by atoms with Gasteiger partial charge in [-0.2, -0.15) is 0 Å². The van der Waals surface area contributed by atoms with E-state index in [1.807, 2.05) is 56.3 Å². The molecule has 27 heavy (non-hydrogen) atoms. The predicted octanol–water partition coefficient (Wildman–Crippen LogP) is 5.26. The summed E-state index contributed by atoms with van der Waals surface area (Å²) in [6.07, 6.45) is 0.669. The van der Waals surface area contributed by atoms with Crippen LogP contribution in [0, 0.1) is 11.3 Å². The minimum absolute atomic E-state index is 0.210. The van der Waals surface area contributed by atoms with E-state index in [-0.39, 0.29) is 5.92 Å². The Bertz CT molecular complexity index is 744. The first-order valence-electron chi connectivity index (χ1n) is 9.48. The summed E-state index contributed by atoms with van der Waals surface area (Å²) in [5, 5.41) is 0. The highest BCUT2D eigenvalue weighted by atomic mass is 16.6. The molecule has 4 heteroatoms. The van der Waals surface area contributed by atoms with E-state index in [0.717, 1.165) is 11.1 Å². The molecule has 0 amide bonds. The Morgan fingerprint density at radius 3 is 1.93 bits per heavy atom. The molecule has 0 aliphatic carbocycles. The molecule has 0 saturated carbocycles. The van der Waals surface area contributed by atoms with E-state index in [9.17, 15) is 9.59 Å². The van der Waals surface area contributed by atoms with Gasteiger partial charge in [0, 0.05) is 0 Å². The molecule has 0 heterocycles. The average Bonchev–Trinajstić information content (AvgIpc) is 2.69.